The minimum atomic E-state index is 0.315. The van der Waals surface area contributed by atoms with Gasteiger partial charge in [-0.2, -0.15) is 10.5 Å². The monoisotopic (exact) mass is 437 g/mol. The molecule has 31 heavy (non-hydrogen) atoms. The molecule has 1 aliphatic heterocycles. The maximum atomic E-state index is 11.1. The van der Waals surface area contributed by atoms with Crippen LogP contribution in [0.4, 0.5) is 0 Å². The van der Waals surface area contributed by atoms with E-state index in [1.807, 2.05) is 55.3 Å². The van der Waals surface area contributed by atoms with Gasteiger partial charge in [0, 0.05) is 20.0 Å². The first-order valence-corrected chi connectivity index (χ1v) is 11.0. The van der Waals surface area contributed by atoms with E-state index >= 15 is 0 Å². The maximum absolute atomic E-state index is 11.1. The van der Waals surface area contributed by atoms with Gasteiger partial charge in [0.15, 0.2) is 0 Å². The van der Waals surface area contributed by atoms with E-state index in [9.17, 15) is 4.79 Å². The second kappa shape index (κ2) is 13.5. The first kappa shape index (κ1) is 26.2. The summed E-state index contributed by atoms with van der Waals surface area (Å²) in [5.41, 5.74) is 3.53. The van der Waals surface area contributed by atoms with Crippen molar-refractivity contribution in [1.82, 2.24) is 4.90 Å². The lowest BCUT2D eigenvalue weighted by atomic mass is 9.91. The highest BCUT2D eigenvalue weighted by molar-refractivity contribution is 6.31. The molecule has 1 fully saturated rings. The van der Waals surface area contributed by atoms with Crippen LogP contribution >= 0.6 is 11.6 Å². The number of carbonyl (C=O) groups is 1. The van der Waals surface area contributed by atoms with Crippen molar-refractivity contribution in [2.45, 2.75) is 47.0 Å². The van der Waals surface area contributed by atoms with Gasteiger partial charge in [-0.15, -0.1) is 0 Å². The van der Waals surface area contributed by atoms with Crippen molar-refractivity contribution in [3.05, 3.63) is 69.7 Å². The number of hydrogen-bond donors (Lipinski definition) is 0. The standard InChI is InChI=1S/C9H17NO.C9H9N.C8H6ClN/c1-4-7(2)8-5-9(11)10(3)6-8;1-2-8-5-3-4-6-9(8)7-10;1-6-2-3-7(5-10)8(9)4-6/h7-8H,4-6H2,1-3H3;3-6H,2H2,1H3;2-4H,1H3. The van der Waals surface area contributed by atoms with Gasteiger partial charge >= 0.3 is 0 Å². The molecule has 1 saturated heterocycles. The molecule has 5 heteroatoms. The molecule has 164 valence electrons. The molecule has 2 atom stereocenters. The molecule has 1 aliphatic rings. The van der Waals surface area contributed by atoms with Crippen LogP contribution in [0.25, 0.3) is 0 Å². The van der Waals surface area contributed by atoms with Gasteiger partial charge in [0.25, 0.3) is 0 Å². The van der Waals surface area contributed by atoms with Crippen LogP contribution in [-0.2, 0) is 11.2 Å². The SMILES string of the molecule is CCC(C)C1CC(=O)N(C)C1.CCc1ccccc1C#N.Cc1ccc(C#N)c(Cl)c1. The fraction of sp³-hybridized carbons (Fsp3) is 0.423. The van der Waals surface area contributed by atoms with E-state index in [0.29, 0.717) is 28.3 Å². The highest BCUT2D eigenvalue weighted by atomic mass is 35.5. The van der Waals surface area contributed by atoms with E-state index in [2.05, 4.69) is 26.8 Å². The number of likely N-dealkylation sites (tertiary alicyclic amines) is 1. The first-order valence-electron chi connectivity index (χ1n) is 10.6. The Balaban J connectivity index is 0.000000233. The molecule has 1 heterocycles. The molecule has 0 spiro atoms. The van der Waals surface area contributed by atoms with Crippen LogP contribution < -0.4 is 0 Å². The molecule has 0 bridgehead atoms. The predicted octanol–water partition coefficient (Wildman–Crippen LogP) is 6.15. The Morgan fingerprint density at radius 2 is 1.77 bits per heavy atom. The summed E-state index contributed by atoms with van der Waals surface area (Å²) in [6.45, 7) is 9.38. The number of halogens is 1. The van der Waals surface area contributed by atoms with Crippen LogP contribution in [0, 0.1) is 41.4 Å². The van der Waals surface area contributed by atoms with Crippen molar-refractivity contribution >= 4 is 17.5 Å². The molecule has 2 aromatic rings. The van der Waals surface area contributed by atoms with Crippen molar-refractivity contribution in [2.75, 3.05) is 13.6 Å². The van der Waals surface area contributed by atoms with Crippen molar-refractivity contribution in [2.24, 2.45) is 11.8 Å². The summed E-state index contributed by atoms with van der Waals surface area (Å²) in [5.74, 6) is 1.62. The summed E-state index contributed by atoms with van der Waals surface area (Å²) in [6.07, 6.45) is 2.89. The number of carbonyl (C=O) groups excluding carboxylic acids is 1. The molecule has 3 rings (SSSR count). The second-order valence-electron chi connectivity index (χ2n) is 7.84. The Morgan fingerprint density at radius 1 is 1.13 bits per heavy atom. The zero-order valence-corrected chi connectivity index (χ0v) is 19.9. The molecule has 0 aliphatic carbocycles. The largest absolute Gasteiger partial charge is 0.345 e. The molecule has 2 aromatic carbocycles. The Kier molecular flexibility index (Phi) is 11.4. The van der Waals surface area contributed by atoms with Gasteiger partial charge in [0.2, 0.25) is 5.91 Å². The Morgan fingerprint density at radius 3 is 2.23 bits per heavy atom. The number of hydrogen-bond acceptors (Lipinski definition) is 3. The molecule has 1 amide bonds. The third-order valence-electron chi connectivity index (χ3n) is 5.58. The van der Waals surface area contributed by atoms with E-state index in [-0.39, 0.29) is 0 Å². The fourth-order valence-corrected chi connectivity index (χ4v) is 3.54. The lowest BCUT2D eigenvalue weighted by Crippen LogP contribution is -2.20. The van der Waals surface area contributed by atoms with Crippen LogP contribution in [0.5, 0.6) is 0 Å². The fourth-order valence-electron chi connectivity index (χ4n) is 3.26. The smallest absolute Gasteiger partial charge is 0.222 e. The summed E-state index contributed by atoms with van der Waals surface area (Å²) in [7, 11) is 1.89. The molecule has 0 N–H and O–H groups in total. The van der Waals surface area contributed by atoms with E-state index in [1.54, 1.807) is 12.1 Å². The highest BCUT2D eigenvalue weighted by Crippen LogP contribution is 2.25. The summed E-state index contributed by atoms with van der Waals surface area (Å²) in [6, 6.07) is 17.2. The number of aryl methyl sites for hydroxylation is 2. The maximum Gasteiger partial charge on any atom is 0.222 e. The molecular weight excluding hydrogens is 406 g/mol. The number of nitrogens with zero attached hydrogens (tertiary/aromatic N) is 3. The van der Waals surface area contributed by atoms with E-state index in [0.717, 1.165) is 36.1 Å². The summed E-state index contributed by atoms with van der Waals surface area (Å²) in [4.78, 5) is 13.0. The van der Waals surface area contributed by atoms with Crippen LogP contribution in [0.15, 0.2) is 42.5 Å². The number of rotatable bonds is 3. The van der Waals surface area contributed by atoms with Gasteiger partial charge in [-0.25, -0.2) is 0 Å². The summed E-state index contributed by atoms with van der Waals surface area (Å²) in [5, 5.41) is 17.6. The zero-order valence-electron chi connectivity index (χ0n) is 19.2. The zero-order chi connectivity index (χ0) is 23.4. The first-order chi connectivity index (χ1) is 14.8. The van der Waals surface area contributed by atoms with Gasteiger partial charge in [0.05, 0.1) is 22.2 Å². The minimum Gasteiger partial charge on any atom is -0.345 e. The number of amides is 1. The van der Waals surface area contributed by atoms with Gasteiger partial charge in [-0.05, 0) is 54.5 Å². The summed E-state index contributed by atoms with van der Waals surface area (Å²) >= 11 is 5.71. The minimum absolute atomic E-state index is 0.315. The molecule has 0 aromatic heterocycles. The third kappa shape index (κ3) is 8.44. The normalized spacial score (nSPS) is 15.5. The lowest BCUT2D eigenvalue weighted by molar-refractivity contribution is -0.126. The Labute approximate surface area is 192 Å². The quantitative estimate of drug-likeness (QED) is 0.578. The Bertz CT molecular complexity index is 942. The molecule has 0 radical (unpaired) electrons. The molecule has 2 unspecified atom stereocenters. The third-order valence-corrected chi connectivity index (χ3v) is 5.90. The van der Waals surface area contributed by atoms with Gasteiger partial charge < -0.3 is 4.90 Å². The van der Waals surface area contributed by atoms with Crippen LogP contribution in [0.1, 0.15) is 55.9 Å². The summed E-state index contributed by atoms with van der Waals surface area (Å²) < 4.78 is 0. The van der Waals surface area contributed by atoms with Crippen molar-refractivity contribution in [3.8, 4) is 12.1 Å². The van der Waals surface area contributed by atoms with Crippen LogP contribution in [0.2, 0.25) is 5.02 Å². The number of nitriles is 2. The highest BCUT2D eigenvalue weighted by Gasteiger charge is 2.29. The van der Waals surface area contributed by atoms with Gasteiger partial charge in [-0.3, -0.25) is 4.79 Å². The Hall–Kier alpha value is -2.82. The van der Waals surface area contributed by atoms with Crippen LogP contribution in [0.3, 0.4) is 0 Å². The van der Waals surface area contributed by atoms with Gasteiger partial charge in [-0.1, -0.05) is 63.1 Å². The van der Waals surface area contributed by atoms with E-state index in [4.69, 9.17) is 22.1 Å². The van der Waals surface area contributed by atoms with Gasteiger partial charge in [0.1, 0.15) is 6.07 Å². The van der Waals surface area contributed by atoms with E-state index in [1.165, 1.54) is 6.42 Å². The van der Waals surface area contributed by atoms with Crippen molar-refractivity contribution < 1.29 is 4.79 Å². The topological polar surface area (TPSA) is 67.9 Å². The lowest BCUT2D eigenvalue weighted by Gasteiger charge is -2.15. The average molecular weight is 438 g/mol. The number of benzene rings is 2. The molecule has 0 saturated carbocycles. The second-order valence-corrected chi connectivity index (χ2v) is 8.25. The molecule has 4 nitrogen and oxygen atoms in total. The van der Waals surface area contributed by atoms with Crippen molar-refractivity contribution in [1.29, 1.82) is 10.5 Å². The van der Waals surface area contributed by atoms with Crippen molar-refractivity contribution in [3.63, 3.8) is 0 Å². The average Bonchev–Trinajstić information content (AvgIpc) is 3.12. The molecular formula is C26H32ClN3O. The predicted molar refractivity (Wildman–Crippen MR) is 127 cm³/mol. The van der Waals surface area contributed by atoms with E-state index < -0.39 is 0 Å². The van der Waals surface area contributed by atoms with Crippen LogP contribution in [-0.4, -0.2) is 24.4 Å².